The molecule has 0 aliphatic rings. The normalized spacial score (nSPS) is 13.4. The zero-order valence-electron chi connectivity index (χ0n) is 12.8. The van der Waals surface area contributed by atoms with Crippen molar-refractivity contribution in [2.24, 2.45) is 0 Å². The van der Waals surface area contributed by atoms with E-state index in [9.17, 15) is 5.11 Å². The van der Waals surface area contributed by atoms with Gasteiger partial charge < -0.3 is 9.67 Å². The molecule has 1 aromatic heterocycles. The van der Waals surface area contributed by atoms with Gasteiger partial charge in [-0.05, 0) is 23.0 Å². The second kappa shape index (κ2) is 5.80. The minimum absolute atomic E-state index is 0.129. The molecule has 1 N–H and O–H groups in total. The largest absolute Gasteiger partial charge is 0.380 e. The lowest BCUT2D eigenvalue weighted by Gasteiger charge is -2.20. The topological polar surface area (TPSA) is 38.0 Å². The summed E-state index contributed by atoms with van der Waals surface area (Å²) in [5.41, 5.74) is 2.29. The molecule has 1 aromatic carbocycles. The van der Waals surface area contributed by atoms with Crippen molar-refractivity contribution < 1.29 is 5.11 Å². The number of aromatic nitrogens is 2. The fourth-order valence-electron chi connectivity index (χ4n) is 2.31. The second-order valence-corrected chi connectivity index (χ2v) is 6.25. The summed E-state index contributed by atoms with van der Waals surface area (Å²) in [4.78, 5) is 4.30. The van der Waals surface area contributed by atoms with Gasteiger partial charge in [0.2, 0.25) is 0 Å². The van der Waals surface area contributed by atoms with Crippen LogP contribution in [0.4, 0.5) is 0 Å². The molecule has 0 saturated carbocycles. The van der Waals surface area contributed by atoms with Gasteiger partial charge >= 0.3 is 0 Å². The Morgan fingerprint density at radius 2 is 1.85 bits per heavy atom. The van der Waals surface area contributed by atoms with Crippen LogP contribution >= 0.6 is 0 Å². The SMILES string of the molecule is CCCn1ccnc1C(O)c1ccc(C(C)(C)C)cc1. The van der Waals surface area contributed by atoms with Gasteiger partial charge in [0.05, 0.1) is 0 Å². The molecule has 2 aromatic rings. The van der Waals surface area contributed by atoms with Gasteiger partial charge in [0, 0.05) is 18.9 Å². The van der Waals surface area contributed by atoms with E-state index in [4.69, 9.17) is 0 Å². The van der Waals surface area contributed by atoms with Crippen LogP contribution in [-0.4, -0.2) is 14.7 Å². The van der Waals surface area contributed by atoms with Crippen LogP contribution in [0.15, 0.2) is 36.7 Å². The van der Waals surface area contributed by atoms with Crippen LogP contribution in [0.1, 0.15) is 57.2 Å². The molecule has 0 amide bonds. The van der Waals surface area contributed by atoms with E-state index in [0.717, 1.165) is 24.4 Å². The van der Waals surface area contributed by atoms with E-state index in [0.29, 0.717) is 0 Å². The predicted molar refractivity (Wildman–Crippen MR) is 81.7 cm³/mol. The highest BCUT2D eigenvalue weighted by molar-refractivity contribution is 5.30. The Morgan fingerprint density at radius 1 is 1.20 bits per heavy atom. The number of aryl methyl sites for hydroxylation is 1. The molecule has 0 aliphatic heterocycles. The number of imidazole rings is 1. The van der Waals surface area contributed by atoms with Crippen molar-refractivity contribution in [2.45, 2.75) is 52.2 Å². The summed E-state index contributed by atoms with van der Waals surface area (Å²) in [6.45, 7) is 9.56. The van der Waals surface area contributed by atoms with E-state index in [1.54, 1.807) is 6.20 Å². The highest BCUT2D eigenvalue weighted by Crippen LogP contribution is 2.26. The fourth-order valence-corrected chi connectivity index (χ4v) is 2.31. The lowest BCUT2D eigenvalue weighted by molar-refractivity contribution is 0.204. The molecular formula is C17H24N2O. The Kier molecular flexibility index (Phi) is 4.29. The smallest absolute Gasteiger partial charge is 0.142 e. The van der Waals surface area contributed by atoms with Crippen LogP contribution in [0.5, 0.6) is 0 Å². The van der Waals surface area contributed by atoms with E-state index in [2.05, 4.69) is 44.8 Å². The quantitative estimate of drug-likeness (QED) is 0.922. The van der Waals surface area contributed by atoms with Crippen molar-refractivity contribution in [3.05, 3.63) is 53.6 Å². The van der Waals surface area contributed by atoms with Gasteiger partial charge in [0.25, 0.3) is 0 Å². The standard InChI is InChI=1S/C17H24N2O/c1-5-11-19-12-10-18-16(19)15(20)13-6-8-14(9-7-13)17(2,3)4/h6-10,12,15,20H,5,11H2,1-4H3. The molecule has 1 heterocycles. The Morgan fingerprint density at radius 3 is 2.40 bits per heavy atom. The lowest BCUT2D eigenvalue weighted by Crippen LogP contribution is -2.12. The van der Waals surface area contributed by atoms with Crippen LogP contribution in [-0.2, 0) is 12.0 Å². The summed E-state index contributed by atoms with van der Waals surface area (Å²) in [5, 5.41) is 10.5. The molecule has 1 unspecified atom stereocenters. The maximum Gasteiger partial charge on any atom is 0.142 e. The van der Waals surface area contributed by atoms with E-state index < -0.39 is 6.10 Å². The number of hydrogen-bond donors (Lipinski definition) is 1. The number of nitrogens with zero attached hydrogens (tertiary/aromatic N) is 2. The van der Waals surface area contributed by atoms with Crippen LogP contribution in [0, 0.1) is 0 Å². The fraction of sp³-hybridized carbons (Fsp3) is 0.471. The minimum atomic E-state index is -0.662. The van der Waals surface area contributed by atoms with Crippen molar-refractivity contribution in [2.75, 3.05) is 0 Å². The molecule has 0 saturated heterocycles. The number of aliphatic hydroxyl groups excluding tert-OH is 1. The minimum Gasteiger partial charge on any atom is -0.380 e. The van der Waals surface area contributed by atoms with E-state index in [-0.39, 0.29) is 5.41 Å². The molecule has 0 spiro atoms. The molecule has 3 heteroatoms. The number of benzene rings is 1. The molecule has 1 atom stereocenters. The molecule has 2 rings (SSSR count). The third kappa shape index (κ3) is 3.10. The number of aliphatic hydroxyl groups is 1. The van der Waals surface area contributed by atoms with E-state index >= 15 is 0 Å². The maximum absolute atomic E-state index is 10.5. The Labute approximate surface area is 121 Å². The Bertz CT molecular complexity index is 549. The number of rotatable bonds is 4. The van der Waals surface area contributed by atoms with Crippen molar-refractivity contribution in [1.82, 2.24) is 9.55 Å². The predicted octanol–water partition coefficient (Wildman–Crippen LogP) is 3.67. The van der Waals surface area contributed by atoms with Gasteiger partial charge in [0.1, 0.15) is 11.9 Å². The van der Waals surface area contributed by atoms with Crippen LogP contribution < -0.4 is 0 Å². The third-order valence-electron chi connectivity index (χ3n) is 3.55. The van der Waals surface area contributed by atoms with Crippen LogP contribution in [0.3, 0.4) is 0 Å². The molecule has 3 nitrogen and oxygen atoms in total. The van der Waals surface area contributed by atoms with Gasteiger partial charge in [-0.15, -0.1) is 0 Å². The van der Waals surface area contributed by atoms with Crippen molar-refractivity contribution in [3.8, 4) is 0 Å². The molecule has 0 radical (unpaired) electrons. The molecule has 0 bridgehead atoms. The third-order valence-corrected chi connectivity index (χ3v) is 3.55. The molecule has 0 fully saturated rings. The molecule has 0 aliphatic carbocycles. The summed E-state index contributed by atoms with van der Waals surface area (Å²) >= 11 is 0. The summed E-state index contributed by atoms with van der Waals surface area (Å²) in [7, 11) is 0. The van der Waals surface area contributed by atoms with Crippen molar-refractivity contribution in [3.63, 3.8) is 0 Å². The average Bonchev–Trinajstić information content (AvgIpc) is 2.86. The molecule has 108 valence electrons. The summed E-state index contributed by atoms with van der Waals surface area (Å²) in [6, 6.07) is 8.17. The van der Waals surface area contributed by atoms with Crippen LogP contribution in [0.25, 0.3) is 0 Å². The van der Waals surface area contributed by atoms with Gasteiger partial charge in [-0.1, -0.05) is 52.0 Å². The van der Waals surface area contributed by atoms with Crippen LogP contribution in [0.2, 0.25) is 0 Å². The summed E-state index contributed by atoms with van der Waals surface area (Å²) in [5.74, 6) is 0.718. The van der Waals surface area contributed by atoms with Gasteiger partial charge in [-0.3, -0.25) is 0 Å². The summed E-state index contributed by atoms with van der Waals surface area (Å²) < 4.78 is 2.02. The summed E-state index contributed by atoms with van der Waals surface area (Å²) in [6.07, 6.45) is 4.04. The zero-order chi connectivity index (χ0) is 14.8. The van der Waals surface area contributed by atoms with Gasteiger partial charge in [0.15, 0.2) is 0 Å². The van der Waals surface area contributed by atoms with Crippen molar-refractivity contribution >= 4 is 0 Å². The highest BCUT2D eigenvalue weighted by atomic mass is 16.3. The monoisotopic (exact) mass is 272 g/mol. The van der Waals surface area contributed by atoms with Gasteiger partial charge in [-0.25, -0.2) is 4.98 Å². The second-order valence-electron chi connectivity index (χ2n) is 6.25. The first-order valence-corrected chi connectivity index (χ1v) is 7.23. The molecule has 20 heavy (non-hydrogen) atoms. The van der Waals surface area contributed by atoms with Gasteiger partial charge in [-0.2, -0.15) is 0 Å². The maximum atomic E-state index is 10.5. The highest BCUT2D eigenvalue weighted by Gasteiger charge is 2.18. The average molecular weight is 272 g/mol. The Balaban J connectivity index is 2.25. The van der Waals surface area contributed by atoms with E-state index in [1.807, 2.05) is 22.9 Å². The zero-order valence-corrected chi connectivity index (χ0v) is 12.8. The van der Waals surface area contributed by atoms with E-state index in [1.165, 1.54) is 5.56 Å². The lowest BCUT2D eigenvalue weighted by atomic mass is 9.86. The first-order chi connectivity index (χ1) is 9.43. The first kappa shape index (κ1) is 14.8. The number of hydrogen-bond acceptors (Lipinski definition) is 2. The molecular weight excluding hydrogens is 248 g/mol. The first-order valence-electron chi connectivity index (χ1n) is 7.23. The Hall–Kier alpha value is -1.61. The van der Waals surface area contributed by atoms with Crippen molar-refractivity contribution in [1.29, 1.82) is 0 Å².